The molecule has 0 radical (unpaired) electrons. The lowest BCUT2D eigenvalue weighted by Crippen LogP contribution is -2.55. The van der Waals surface area contributed by atoms with Gasteiger partial charge in [0.25, 0.3) is 0 Å². The summed E-state index contributed by atoms with van der Waals surface area (Å²) < 4.78 is 0. The van der Waals surface area contributed by atoms with Crippen molar-refractivity contribution < 1.29 is 14.7 Å². The molecule has 1 aliphatic carbocycles. The van der Waals surface area contributed by atoms with Gasteiger partial charge in [-0.05, 0) is 37.9 Å². The summed E-state index contributed by atoms with van der Waals surface area (Å²) in [6.07, 6.45) is 3.27. The highest BCUT2D eigenvalue weighted by Gasteiger charge is 2.34. The topological polar surface area (TPSA) is 110 Å². The molecule has 8 heteroatoms. The standard InChI is InChI=1S/C17H23N5O3/c1-3-22(9-15(23)24)12-6-11(7-12)19-17(25)20-14-5-4-10(2)13-8-18-21-16(13)14/h4-5,8,11-12H,3,6-7,9H2,1-2H3,(H,18,21)(H,23,24)(H2,19,20,25). The number of aromatic amines is 1. The van der Waals surface area contributed by atoms with Gasteiger partial charge in [-0.3, -0.25) is 14.8 Å². The second kappa shape index (κ2) is 7.10. The van der Waals surface area contributed by atoms with Gasteiger partial charge in [-0.2, -0.15) is 5.10 Å². The second-order valence-electron chi connectivity index (χ2n) is 6.47. The van der Waals surface area contributed by atoms with Crippen molar-refractivity contribution in [3.05, 3.63) is 23.9 Å². The van der Waals surface area contributed by atoms with Crippen molar-refractivity contribution in [2.24, 2.45) is 0 Å². The van der Waals surface area contributed by atoms with E-state index in [-0.39, 0.29) is 24.7 Å². The van der Waals surface area contributed by atoms with Crippen LogP contribution in [-0.2, 0) is 4.79 Å². The van der Waals surface area contributed by atoms with E-state index in [1.807, 2.05) is 30.9 Å². The number of benzene rings is 1. The fraction of sp³-hybridized carbons (Fsp3) is 0.471. The molecule has 0 bridgehead atoms. The van der Waals surface area contributed by atoms with E-state index >= 15 is 0 Å². The Morgan fingerprint density at radius 2 is 2.16 bits per heavy atom. The van der Waals surface area contributed by atoms with Gasteiger partial charge in [0, 0.05) is 17.5 Å². The first-order valence-electron chi connectivity index (χ1n) is 8.44. The van der Waals surface area contributed by atoms with Gasteiger partial charge >= 0.3 is 12.0 Å². The Hall–Kier alpha value is -2.61. The minimum absolute atomic E-state index is 0.0429. The molecular formula is C17H23N5O3. The molecule has 134 valence electrons. The number of aliphatic carboxylic acids is 1. The summed E-state index contributed by atoms with van der Waals surface area (Å²) in [5.41, 5.74) is 2.59. The van der Waals surface area contributed by atoms with Crippen LogP contribution in [0.15, 0.2) is 18.3 Å². The number of carboxylic acid groups (broad SMARTS) is 1. The van der Waals surface area contributed by atoms with Crippen LogP contribution >= 0.6 is 0 Å². The third-order valence-corrected chi connectivity index (χ3v) is 4.79. The van der Waals surface area contributed by atoms with Crippen LogP contribution in [0.4, 0.5) is 10.5 Å². The van der Waals surface area contributed by atoms with Crippen LogP contribution in [-0.4, -0.2) is 57.4 Å². The number of fused-ring (bicyclic) bond motifs is 1. The number of hydrogen-bond donors (Lipinski definition) is 4. The van der Waals surface area contributed by atoms with Crippen LogP contribution in [0.2, 0.25) is 0 Å². The lowest BCUT2D eigenvalue weighted by atomic mass is 9.85. The largest absolute Gasteiger partial charge is 0.480 e. The molecule has 25 heavy (non-hydrogen) atoms. The van der Waals surface area contributed by atoms with Crippen molar-refractivity contribution in [2.75, 3.05) is 18.4 Å². The Kier molecular flexibility index (Phi) is 4.89. The molecule has 1 aliphatic rings. The number of nitrogens with one attached hydrogen (secondary N) is 3. The maximum absolute atomic E-state index is 12.2. The van der Waals surface area contributed by atoms with E-state index in [4.69, 9.17) is 5.11 Å². The van der Waals surface area contributed by atoms with Gasteiger partial charge in [0.1, 0.15) is 0 Å². The van der Waals surface area contributed by atoms with Crippen LogP contribution in [0.1, 0.15) is 25.3 Å². The summed E-state index contributed by atoms with van der Waals surface area (Å²) in [6.45, 7) is 4.68. The average molecular weight is 345 g/mol. The van der Waals surface area contributed by atoms with Crippen LogP contribution in [0.5, 0.6) is 0 Å². The number of carbonyl (C=O) groups excluding carboxylic acids is 1. The van der Waals surface area contributed by atoms with Crippen LogP contribution in [0.3, 0.4) is 0 Å². The Balaban J connectivity index is 1.53. The second-order valence-corrected chi connectivity index (χ2v) is 6.47. The average Bonchev–Trinajstić information content (AvgIpc) is 3.02. The van der Waals surface area contributed by atoms with Gasteiger partial charge in [0.05, 0.1) is 23.9 Å². The fourth-order valence-electron chi connectivity index (χ4n) is 3.30. The van der Waals surface area contributed by atoms with Crippen LogP contribution in [0, 0.1) is 6.92 Å². The van der Waals surface area contributed by atoms with Crippen molar-refractivity contribution in [3.63, 3.8) is 0 Å². The van der Waals surface area contributed by atoms with Gasteiger partial charge in [0.15, 0.2) is 0 Å². The molecule has 1 saturated carbocycles. The minimum atomic E-state index is -0.820. The number of carbonyl (C=O) groups is 2. The molecule has 4 N–H and O–H groups in total. The van der Waals surface area contributed by atoms with Crippen molar-refractivity contribution in [2.45, 2.75) is 38.8 Å². The number of amides is 2. The van der Waals surface area contributed by atoms with Crippen LogP contribution < -0.4 is 10.6 Å². The van der Waals surface area contributed by atoms with E-state index in [1.165, 1.54) is 0 Å². The summed E-state index contributed by atoms with van der Waals surface area (Å²) in [7, 11) is 0. The van der Waals surface area contributed by atoms with E-state index in [0.717, 1.165) is 29.3 Å². The van der Waals surface area contributed by atoms with Gasteiger partial charge in [0.2, 0.25) is 0 Å². The molecular weight excluding hydrogens is 322 g/mol. The summed E-state index contributed by atoms with van der Waals surface area (Å²) in [5, 5.41) is 22.6. The molecule has 8 nitrogen and oxygen atoms in total. The SMILES string of the molecule is CCN(CC(=O)O)C1CC(NC(=O)Nc2ccc(C)c3cn[nH]c23)C1. The summed E-state index contributed by atoms with van der Waals surface area (Å²) in [6, 6.07) is 3.81. The summed E-state index contributed by atoms with van der Waals surface area (Å²) in [4.78, 5) is 25.0. The molecule has 3 rings (SSSR count). The van der Waals surface area contributed by atoms with E-state index in [2.05, 4.69) is 20.8 Å². The van der Waals surface area contributed by atoms with Gasteiger partial charge in [-0.25, -0.2) is 4.79 Å². The normalized spacial score (nSPS) is 19.6. The fourth-order valence-corrected chi connectivity index (χ4v) is 3.30. The molecule has 0 spiro atoms. The molecule has 0 atom stereocenters. The quantitative estimate of drug-likeness (QED) is 0.639. The minimum Gasteiger partial charge on any atom is -0.480 e. The molecule has 0 saturated heterocycles. The van der Waals surface area contributed by atoms with Crippen molar-refractivity contribution in [1.82, 2.24) is 20.4 Å². The molecule has 2 amide bonds. The predicted molar refractivity (Wildman–Crippen MR) is 94.7 cm³/mol. The Morgan fingerprint density at radius 1 is 1.40 bits per heavy atom. The number of nitrogens with zero attached hydrogens (tertiary/aromatic N) is 2. The Morgan fingerprint density at radius 3 is 2.84 bits per heavy atom. The third kappa shape index (κ3) is 3.74. The number of likely N-dealkylation sites (N-methyl/N-ethyl adjacent to an activating group) is 1. The number of aryl methyl sites for hydroxylation is 1. The summed E-state index contributed by atoms with van der Waals surface area (Å²) >= 11 is 0. The Bertz CT molecular complexity index is 782. The molecule has 0 aliphatic heterocycles. The smallest absolute Gasteiger partial charge is 0.319 e. The molecule has 1 aromatic heterocycles. The third-order valence-electron chi connectivity index (χ3n) is 4.79. The van der Waals surface area contributed by atoms with E-state index in [1.54, 1.807) is 6.20 Å². The van der Waals surface area contributed by atoms with Gasteiger partial charge in [-0.15, -0.1) is 0 Å². The van der Waals surface area contributed by atoms with E-state index in [9.17, 15) is 9.59 Å². The molecule has 1 fully saturated rings. The first kappa shape index (κ1) is 17.2. The number of H-pyrrole nitrogens is 1. The zero-order valence-electron chi connectivity index (χ0n) is 14.4. The zero-order valence-corrected chi connectivity index (χ0v) is 14.4. The highest BCUT2D eigenvalue weighted by Crippen LogP contribution is 2.27. The van der Waals surface area contributed by atoms with E-state index < -0.39 is 5.97 Å². The number of anilines is 1. The number of aromatic nitrogens is 2. The van der Waals surface area contributed by atoms with Gasteiger partial charge in [-0.1, -0.05) is 13.0 Å². The van der Waals surface area contributed by atoms with Crippen LogP contribution in [0.25, 0.3) is 10.9 Å². The lowest BCUT2D eigenvalue weighted by molar-refractivity contribution is -0.139. The molecule has 0 unspecified atom stereocenters. The highest BCUT2D eigenvalue weighted by atomic mass is 16.4. The highest BCUT2D eigenvalue weighted by molar-refractivity contribution is 6.00. The first-order valence-corrected chi connectivity index (χ1v) is 8.44. The molecule has 1 heterocycles. The van der Waals surface area contributed by atoms with Crippen molar-refractivity contribution in [1.29, 1.82) is 0 Å². The summed E-state index contributed by atoms with van der Waals surface area (Å²) in [5.74, 6) is -0.820. The molecule has 1 aromatic carbocycles. The van der Waals surface area contributed by atoms with Crippen molar-refractivity contribution >= 4 is 28.6 Å². The van der Waals surface area contributed by atoms with Gasteiger partial charge < -0.3 is 15.7 Å². The number of rotatable bonds is 6. The zero-order chi connectivity index (χ0) is 18.0. The number of hydrogen-bond acceptors (Lipinski definition) is 4. The first-order chi connectivity index (χ1) is 12.0. The van der Waals surface area contributed by atoms with E-state index in [0.29, 0.717) is 12.2 Å². The monoisotopic (exact) mass is 345 g/mol. The number of carboxylic acids is 1. The number of urea groups is 1. The lowest BCUT2D eigenvalue weighted by Gasteiger charge is -2.42. The predicted octanol–water partition coefficient (Wildman–Crippen LogP) is 1.93. The maximum atomic E-state index is 12.2. The maximum Gasteiger partial charge on any atom is 0.319 e. The Labute approximate surface area is 145 Å². The van der Waals surface area contributed by atoms with Crippen molar-refractivity contribution in [3.8, 4) is 0 Å². The molecule has 2 aromatic rings.